The summed E-state index contributed by atoms with van der Waals surface area (Å²) in [6.45, 7) is 3.34. The smallest absolute Gasteiger partial charge is 0.258 e. The second-order valence-corrected chi connectivity index (χ2v) is 8.09. The quantitative estimate of drug-likeness (QED) is 0.640. The fraction of sp³-hybridized carbons (Fsp3) is 0.304. The van der Waals surface area contributed by atoms with Crippen LogP contribution in [-0.4, -0.2) is 16.6 Å². The highest BCUT2D eigenvalue weighted by molar-refractivity contribution is 7.09. The first-order valence-electron chi connectivity index (χ1n) is 9.92. The predicted octanol–water partition coefficient (Wildman–Crippen LogP) is 4.11. The third kappa shape index (κ3) is 4.49. The van der Waals surface area contributed by atoms with Crippen molar-refractivity contribution in [3.8, 4) is 5.75 Å². The number of aromatic nitrogens is 2. The van der Waals surface area contributed by atoms with Gasteiger partial charge in [0.1, 0.15) is 17.4 Å². The minimum absolute atomic E-state index is 0.0719. The molecule has 0 fully saturated rings. The highest BCUT2D eigenvalue weighted by atomic mass is 32.1. The van der Waals surface area contributed by atoms with E-state index in [0.29, 0.717) is 12.4 Å². The summed E-state index contributed by atoms with van der Waals surface area (Å²) in [5.74, 6) is 0.577. The molecule has 150 valence electrons. The zero-order chi connectivity index (χ0) is 20.2. The molecule has 0 spiro atoms. The largest absolute Gasteiger partial charge is 0.486 e. The third-order valence-corrected chi connectivity index (χ3v) is 5.96. The van der Waals surface area contributed by atoms with Gasteiger partial charge in [-0.05, 0) is 55.1 Å². The second-order valence-electron chi connectivity index (χ2n) is 7.14. The molecular weight excluding hydrogens is 382 g/mol. The molecule has 0 bridgehead atoms. The van der Waals surface area contributed by atoms with Crippen LogP contribution in [-0.2, 0) is 26.0 Å². The van der Waals surface area contributed by atoms with E-state index in [9.17, 15) is 4.79 Å². The van der Waals surface area contributed by atoms with E-state index in [2.05, 4.69) is 41.5 Å². The van der Waals surface area contributed by atoms with E-state index in [1.807, 2.05) is 24.7 Å². The molecular formula is C23H25N3O2S. The number of nitrogens with zero attached hydrogens (tertiary/aromatic N) is 2. The van der Waals surface area contributed by atoms with Crippen molar-refractivity contribution < 1.29 is 4.74 Å². The van der Waals surface area contributed by atoms with Crippen LogP contribution in [0.25, 0.3) is 11.8 Å². The maximum absolute atomic E-state index is 12.7. The van der Waals surface area contributed by atoms with Gasteiger partial charge in [-0.2, -0.15) is 0 Å². The number of thiazole rings is 1. The van der Waals surface area contributed by atoms with E-state index >= 15 is 0 Å². The summed E-state index contributed by atoms with van der Waals surface area (Å²) in [5, 5.41) is 6.16. The number of hydrogen-bond acceptors (Lipinski definition) is 5. The van der Waals surface area contributed by atoms with Gasteiger partial charge in [-0.1, -0.05) is 25.1 Å². The zero-order valence-corrected chi connectivity index (χ0v) is 17.6. The van der Waals surface area contributed by atoms with Gasteiger partial charge in [0.25, 0.3) is 5.56 Å². The van der Waals surface area contributed by atoms with E-state index < -0.39 is 0 Å². The Hall–Kier alpha value is -2.70. The molecule has 0 radical (unpaired) electrons. The average molecular weight is 408 g/mol. The first-order chi connectivity index (χ1) is 14.2. The Bertz CT molecular complexity index is 1100. The first-order valence-corrected chi connectivity index (χ1v) is 10.8. The fourth-order valence-corrected chi connectivity index (χ4v) is 4.33. The Balaban J connectivity index is 1.49. The fourth-order valence-electron chi connectivity index (χ4n) is 3.55. The number of benzene rings is 1. The topological polar surface area (TPSA) is 56.1 Å². The summed E-state index contributed by atoms with van der Waals surface area (Å²) >= 11 is 1.59. The van der Waals surface area contributed by atoms with Crippen molar-refractivity contribution >= 4 is 23.1 Å². The number of pyridine rings is 1. The van der Waals surface area contributed by atoms with Gasteiger partial charge in [-0.3, -0.25) is 9.36 Å². The van der Waals surface area contributed by atoms with Crippen LogP contribution in [0.3, 0.4) is 0 Å². The molecule has 5 nitrogen and oxygen atoms in total. The summed E-state index contributed by atoms with van der Waals surface area (Å²) in [6.07, 6.45) is 6.62. The molecule has 0 saturated heterocycles. The van der Waals surface area contributed by atoms with Crippen LogP contribution in [0.5, 0.6) is 5.75 Å². The van der Waals surface area contributed by atoms with Crippen LogP contribution < -0.4 is 15.6 Å². The maximum atomic E-state index is 12.7. The SMILES string of the molecule is CCc1csc(COc2ccn(C3=Cc4ccc(CNC)cc4CC3)c(=O)c2)n1. The van der Waals surface area contributed by atoms with Crippen LogP contribution in [0, 0.1) is 0 Å². The first kappa shape index (κ1) is 19.6. The Morgan fingerprint density at radius 1 is 1.24 bits per heavy atom. The van der Waals surface area contributed by atoms with Crippen LogP contribution in [0.1, 0.15) is 40.7 Å². The van der Waals surface area contributed by atoms with Crippen LogP contribution >= 0.6 is 11.3 Å². The maximum Gasteiger partial charge on any atom is 0.258 e. The van der Waals surface area contributed by atoms with E-state index in [1.165, 1.54) is 16.7 Å². The summed E-state index contributed by atoms with van der Waals surface area (Å²) in [4.78, 5) is 17.2. The van der Waals surface area contributed by atoms with Gasteiger partial charge in [-0.25, -0.2) is 4.98 Å². The van der Waals surface area contributed by atoms with Gasteiger partial charge in [0.2, 0.25) is 0 Å². The average Bonchev–Trinajstić information content (AvgIpc) is 3.20. The summed E-state index contributed by atoms with van der Waals surface area (Å²) < 4.78 is 7.49. The van der Waals surface area contributed by atoms with Crippen molar-refractivity contribution in [1.29, 1.82) is 0 Å². The third-order valence-electron chi connectivity index (χ3n) is 5.09. The van der Waals surface area contributed by atoms with Gasteiger partial charge in [0.05, 0.1) is 5.69 Å². The van der Waals surface area contributed by atoms with Crippen LogP contribution in [0.2, 0.25) is 0 Å². The molecule has 1 aliphatic rings. The molecule has 6 heteroatoms. The van der Waals surface area contributed by atoms with Crippen LogP contribution in [0.4, 0.5) is 0 Å². The molecule has 0 aliphatic heterocycles. The normalized spacial score (nSPS) is 13.1. The number of allylic oxidation sites excluding steroid dienone is 1. The lowest BCUT2D eigenvalue weighted by Gasteiger charge is -2.19. The molecule has 1 aromatic carbocycles. The van der Waals surface area contributed by atoms with E-state index in [4.69, 9.17) is 4.74 Å². The van der Waals surface area contributed by atoms with Gasteiger partial charge >= 0.3 is 0 Å². The number of hydrogen-bond donors (Lipinski definition) is 1. The molecule has 0 unspecified atom stereocenters. The highest BCUT2D eigenvalue weighted by Gasteiger charge is 2.14. The highest BCUT2D eigenvalue weighted by Crippen LogP contribution is 2.27. The van der Waals surface area contributed by atoms with Crippen molar-refractivity contribution in [3.63, 3.8) is 0 Å². The van der Waals surface area contributed by atoms with Crippen molar-refractivity contribution in [1.82, 2.24) is 14.9 Å². The Morgan fingerprint density at radius 2 is 2.14 bits per heavy atom. The van der Waals surface area contributed by atoms with Gasteiger partial charge in [0, 0.05) is 29.9 Å². The predicted molar refractivity (Wildman–Crippen MR) is 118 cm³/mol. The summed E-state index contributed by atoms with van der Waals surface area (Å²) in [7, 11) is 1.95. The lowest BCUT2D eigenvalue weighted by molar-refractivity contribution is 0.304. The Labute approximate surface area is 174 Å². The van der Waals surface area contributed by atoms with E-state index in [-0.39, 0.29) is 5.56 Å². The van der Waals surface area contributed by atoms with Crippen molar-refractivity contribution in [2.45, 2.75) is 39.3 Å². The monoisotopic (exact) mass is 407 g/mol. The van der Waals surface area contributed by atoms with Crippen molar-refractivity contribution in [3.05, 3.63) is 79.7 Å². The van der Waals surface area contributed by atoms with Crippen LogP contribution in [0.15, 0.2) is 46.7 Å². The Kier molecular flexibility index (Phi) is 5.92. The minimum Gasteiger partial charge on any atom is -0.486 e. The number of nitrogens with one attached hydrogen (secondary N) is 1. The number of fused-ring (bicyclic) bond motifs is 1. The minimum atomic E-state index is -0.0719. The lowest BCUT2D eigenvalue weighted by Crippen LogP contribution is -2.19. The molecule has 0 saturated carbocycles. The molecule has 0 atom stereocenters. The van der Waals surface area contributed by atoms with E-state index in [0.717, 1.165) is 42.2 Å². The molecule has 1 N–H and O–H groups in total. The Morgan fingerprint density at radius 3 is 2.90 bits per heavy atom. The molecule has 3 aromatic rings. The lowest BCUT2D eigenvalue weighted by atomic mass is 9.93. The molecule has 29 heavy (non-hydrogen) atoms. The standard InChI is InChI=1S/C23H25N3O2S/c1-3-19-15-29-22(25-19)14-28-21-8-9-26(23(27)12-21)20-7-6-17-10-16(13-24-2)4-5-18(17)11-20/h4-5,8-12,15,24H,3,6-7,13-14H2,1-2H3. The van der Waals surface area contributed by atoms with Crippen molar-refractivity contribution in [2.75, 3.05) is 7.05 Å². The second kappa shape index (κ2) is 8.76. The molecule has 2 heterocycles. The van der Waals surface area contributed by atoms with Gasteiger partial charge < -0.3 is 10.1 Å². The van der Waals surface area contributed by atoms with Gasteiger partial charge in [0.15, 0.2) is 0 Å². The zero-order valence-electron chi connectivity index (χ0n) is 16.8. The molecule has 4 rings (SSSR count). The number of ether oxygens (including phenoxy) is 1. The number of rotatable bonds is 7. The molecule has 1 aliphatic carbocycles. The van der Waals surface area contributed by atoms with E-state index in [1.54, 1.807) is 22.0 Å². The van der Waals surface area contributed by atoms with Gasteiger partial charge in [-0.15, -0.1) is 11.3 Å². The molecule has 0 amide bonds. The number of aryl methyl sites for hydroxylation is 2. The summed E-state index contributed by atoms with van der Waals surface area (Å²) in [5.41, 5.74) is 5.83. The summed E-state index contributed by atoms with van der Waals surface area (Å²) in [6, 6.07) is 9.93. The van der Waals surface area contributed by atoms with Crippen molar-refractivity contribution in [2.24, 2.45) is 0 Å². The molecule has 2 aromatic heterocycles.